The number of nitrogens with zero attached hydrogens (tertiary/aromatic N) is 3. The lowest BCUT2D eigenvalue weighted by molar-refractivity contribution is 0.173. The fourth-order valence-corrected chi connectivity index (χ4v) is 3.55. The average molecular weight is 328 g/mol. The standard InChI is InChI=1S/C18H24N4O2/c1-12(2)18-21-20-16-7-6-13(10-22(16)18)8-19-9-14-4-3-5-15-17(14)24-11-23-15/h3-5,12-13,19H,6-11H2,1-2H3/t13-/m1/s1. The number of hydrogen-bond acceptors (Lipinski definition) is 5. The fourth-order valence-electron chi connectivity index (χ4n) is 3.55. The second kappa shape index (κ2) is 6.43. The lowest BCUT2D eigenvalue weighted by Crippen LogP contribution is -2.30. The highest BCUT2D eigenvalue weighted by Crippen LogP contribution is 2.35. The molecule has 0 unspecified atom stereocenters. The Morgan fingerprint density at radius 3 is 3.08 bits per heavy atom. The molecule has 6 heteroatoms. The fraction of sp³-hybridized carbons (Fsp3) is 0.556. The van der Waals surface area contributed by atoms with Gasteiger partial charge in [0, 0.05) is 31.0 Å². The van der Waals surface area contributed by atoms with Crippen molar-refractivity contribution in [1.82, 2.24) is 20.1 Å². The van der Waals surface area contributed by atoms with E-state index >= 15 is 0 Å². The van der Waals surface area contributed by atoms with Crippen molar-refractivity contribution in [2.24, 2.45) is 5.92 Å². The number of nitrogens with one attached hydrogen (secondary N) is 1. The van der Waals surface area contributed by atoms with E-state index in [1.807, 2.05) is 12.1 Å². The monoisotopic (exact) mass is 328 g/mol. The van der Waals surface area contributed by atoms with Crippen LogP contribution in [0.4, 0.5) is 0 Å². The molecule has 4 rings (SSSR count). The molecule has 3 heterocycles. The quantitative estimate of drug-likeness (QED) is 0.914. The van der Waals surface area contributed by atoms with Crippen molar-refractivity contribution in [2.45, 2.75) is 45.7 Å². The summed E-state index contributed by atoms with van der Waals surface area (Å²) in [4.78, 5) is 0. The maximum atomic E-state index is 5.57. The highest BCUT2D eigenvalue weighted by Gasteiger charge is 2.24. The van der Waals surface area contributed by atoms with Crippen LogP contribution in [0.15, 0.2) is 18.2 Å². The van der Waals surface area contributed by atoms with Crippen LogP contribution in [-0.4, -0.2) is 28.1 Å². The Bertz CT molecular complexity index is 726. The van der Waals surface area contributed by atoms with Gasteiger partial charge < -0.3 is 19.4 Å². The van der Waals surface area contributed by atoms with E-state index < -0.39 is 0 Å². The molecule has 2 aliphatic rings. The van der Waals surface area contributed by atoms with Crippen LogP contribution >= 0.6 is 0 Å². The zero-order valence-corrected chi connectivity index (χ0v) is 14.3. The topological polar surface area (TPSA) is 61.2 Å². The molecule has 24 heavy (non-hydrogen) atoms. The second-order valence-corrected chi connectivity index (χ2v) is 6.93. The summed E-state index contributed by atoms with van der Waals surface area (Å²) in [5.74, 6) is 5.02. The Balaban J connectivity index is 1.36. The van der Waals surface area contributed by atoms with Gasteiger partial charge in [-0.05, 0) is 24.9 Å². The molecule has 0 radical (unpaired) electrons. The molecule has 0 aliphatic carbocycles. The highest BCUT2D eigenvalue weighted by atomic mass is 16.7. The average Bonchev–Trinajstić information content (AvgIpc) is 3.21. The van der Waals surface area contributed by atoms with Gasteiger partial charge in [0.05, 0.1) is 0 Å². The van der Waals surface area contributed by atoms with Crippen molar-refractivity contribution >= 4 is 0 Å². The molecule has 1 atom stereocenters. The summed E-state index contributed by atoms with van der Waals surface area (Å²) in [6.45, 7) is 7.47. The summed E-state index contributed by atoms with van der Waals surface area (Å²) in [6, 6.07) is 6.06. The van der Waals surface area contributed by atoms with Gasteiger partial charge in [-0.3, -0.25) is 0 Å². The molecule has 1 N–H and O–H groups in total. The van der Waals surface area contributed by atoms with E-state index in [-0.39, 0.29) is 0 Å². The SMILES string of the molecule is CC(C)c1nnc2n1C[C@@H](CNCc1cccc3c1OCO3)CC2. The zero-order chi connectivity index (χ0) is 16.5. The normalized spacial score (nSPS) is 18.9. The first-order chi connectivity index (χ1) is 11.7. The Morgan fingerprint density at radius 1 is 1.29 bits per heavy atom. The Labute approximate surface area is 142 Å². The Kier molecular flexibility index (Phi) is 4.14. The third kappa shape index (κ3) is 2.86. The number of rotatable bonds is 5. The number of ether oxygens (including phenoxy) is 2. The predicted molar refractivity (Wildman–Crippen MR) is 90.2 cm³/mol. The second-order valence-electron chi connectivity index (χ2n) is 6.93. The highest BCUT2D eigenvalue weighted by molar-refractivity contribution is 5.48. The minimum atomic E-state index is 0.323. The van der Waals surface area contributed by atoms with Crippen LogP contribution < -0.4 is 14.8 Å². The molecule has 0 saturated carbocycles. The van der Waals surface area contributed by atoms with E-state index in [0.717, 1.165) is 61.2 Å². The summed E-state index contributed by atoms with van der Waals surface area (Å²) in [5, 5.41) is 12.3. The number of benzene rings is 1. The van der Waals surface area contributed by atoms with Gasteiger partial charge in [-0.1, -0.05) is 26.0 Å². The van der Waals surface area contributed by atoms with Gasteiger partial charge in [0.2, 0.25) is 6.79 Å². The van der Waals surface area contributed by atoms with Crippen LogP contribution in [0.1, 0.15) is 43.4 Å². The van der Waals surface area contributed by atoms with Gasteiger partial charge in [0.25, 0.3) is 0 Å². The van der Waals surface area contributed by atoms with Crippen LogP contribution in [0.5, 0.6) is 11.5 Å². The molecule has 1 aromatic heterocycles. The summed E-state index contributed by atoms with van der Waals surface area (Å²) in [5.41, 5.74) is 1.16. The smallest absolute Gasteiger partial charge is 0.231 e. The van der Waals surface area contributed by atoms with Gasteiger partial charge in [0.15, 0.2) is 11.5 Å². The van der Waals surface area contributed by atoms with Crippen molar-refractivity contribution in [3.63, 3.8) is 0 Å². The number of aromatic nitrogens is 3. The maximum Gasteiger partial charge on any atom is 0.231 e. The van der Waals surface area contributed by atoms with E-state index in [2.05, 4.69) is 40.0 Å². The van der Waals surface area contributed by atoms with Crippen molar-refractivity contribution in [2.75, 3.05) is 13.3 Å². The summed E-state index contributed by atoms with van der Waals surface area (Å²) >= 11 is 0. The van der Waals surface area contributed by atoms with E-state index in [4.69, 9.17) is 9.47 Å². The molecule has 2 aliphatic heterocycles. The minimum absolute atomic E-state index is 0.323. The summed E-state index contributed by atoms with van der Waals surface area (Å²) in [6.07, 6.45) is 2.18. The Hall–Kier alpha value is -2.08. The molecule has 0 amide bonds. The van der Waals surface area contributed by atoms with Crippen molar-refractivity contribution in [3.05, 3.63) is 35.4 Å². The third-order valence-corrected chi connectivity index (χ3v) is 4.82. The minimum Gasteiger partial charge on any atom is -0.454 e. The number of hydrogen-bond donors (Lipinski definition) is 1. The maximum absolute atomic E-state index is 5.57. The molecule has 1 aromatic carbocycles. The molecule has 2 aromatic rings. The first-order valence-corrected chi connectivity index (χ1v) is 8.72. The van der Waals surface area contributed by atoms with Crippen molar-refractivity contribution in [1.29, 1.82) is 0 Å². The Morgan fingerprint density at radius 2 is 2.21 bits per heavy atom. The van der Waals surface area contributed by atoms with Crippen LogP contribution in [0.3, 0.4) is 0 Å². The number of fused-ring (bicyclic) bond motifs is 2. The van der Waals surface area contributed by atoms with Crippen LogP contribution in [0.25, 0.3) is 0 Å². The molecule has 0 spiro atoms. The molecule has 0 fully saturated rings. The van der Waals surface area contributed by atoms with Crippen LogP contribution in [-0.2, 0) is 19.5 Å². The van der Waals surface area contributed by atoms with Crippen molar-refractivity contribution in [3.8, 4) is 11.5 Å². The molecule has 0 bridgehead atoms. The summed E-state index contributed by atoms with van der Waals surface area (Å²) in [7, 11) is 0. The first-order valence-electron chi connectivity index (χ1n) is 8.72. The number of para-hydroxylation sites is 1. The van der Waals surface area contributed by atoms with Crippen LogP contribution in [0.2, 0.25) is 0 Å². The van der Waals surface area contributed by atoms with Gasteiger partial charge >= 0.3 is 0 Å². The summed E-state index contributed by atoms with van der Waals surface area (Å²) < 4.78 is 13.3. The predicted octanol–water partition coefficient (Wildman–Crippen LogP) is 2.48. The molecular weight excluding hydrogens is 304 g/mol. The van der Waals surface area contributed by atoms with E-state index in [0.29, 0.717) is 18.6 Å². The third-order valence-electron chi connectivity index (χ3n) is 4.82. The van der Waals surface area contributed by atoms with Gasteiger partial charge in [-0.2, -0.15) is 0 Å². The molecular formula is C18H24N4O2. The van der Waals surface area contributed by atoms with Gasteiger partial charge in [-0.25, -0.2) is 0 Å². The van der Waals surface area contributed by atoms with E-state index in [1.54, 1.807) is 0 Å². The molecule has 128 valence electrons. The zero-order valence-electron chi connectivity index (χ0n) is 14.3. The first kappa shape index (κ1) is 15.4. The number of aryl methyl sites for hydroxylation is 1. The molecule has 6 nitrogen and oxygen atoms in total. The van der Waals surface area contributed by atoms with Gasteiger partial charge in [0.1, 0.15) is 11.6 Å². The van der Waals surface area contributed by atoms with Gasteiger partial charge in [-0.15, -0.1) is 10.2 Å². The largest absolute Gasteiger partial charge is 0.454 e. The lowest BCUT2D eigenvalue weighted by Gasteiger charge is -2.25. The van der Waals surface area contributed by atoms with E-state index in [1.165, 1.54) is 0 Å². The van der Waals surface area contributed by atoms with Crippen LogP contribution in [0, 0.1) is 5.92 Å². The van der Waals surface area contributed by atoms with E-state index in [9.17, 15) is 0 Å². The van der Waals surface area contributed by atoms with Crippen molar-refractivity contribution < 1.29 is 9.47 Å². The molecule has 0 saturated heterocycles. The lowest BCUT2D eigenvalue weighted by atomic mass is 9.98.